The zero-order chi connectivity index (χ0) is 14.6. The van der Waals surface area contributed by atoms with Crippen LogP contribution in [0.2, 0.25) is 0 Å². The van der Waals surface area contributed by atoms with Crippen molar-refractivity contribution >= 4 is 5.69 Å². The molecule has 1 nitrogen and oxygen atoms in total. The van der Waals surface area contributed by atoms with Gasteiger partial charge in [-0.2, -0.15) is 13.2 Å². The van der Waals surface area contributed by atoms with E-state index < -0.39 is 17.6 Å². The van der Waals surface area contributed by atoms with Crippen molar-refractivity contribution in [1.82, 2.24) is 0 Å². The summed E-state index contributed by atoms with van der Waals surface area (Å²) in [4.78, 5) is 0. The lowest BCUT2D eigenvalue weighted by molar-refractivity contribution is -0.137. The summed E-state index contributed by atoms with van der Waals surface area (Å²) in [6.45, 7) is 5.99. The zero-order valence-corrected chi connectivity index (χ0v) is 11.3. The minimum Gasteiger partial charge on any atom is -0.380 e. The van der Waals surface area contributed by atoms with Crippen LogP contribution < -0.4 is 5.32 Å². The molecular formula is C14H19F4N. The normalized spacial score (nSPS) is 13.7. The molecule has 0 heterocycles. The molecule has 0 saturated heterocycles. The quantitative estimate of drug-likeness (QED) is 0.740. The Hall–Kier alpha value is -1.26. The third kappa shape index (κ3) is 4.11. The molecule has 0 aliphatic rings. The Kier molecular flexibility index (Phi) is 5.20. The second-order valence-corrected chi connectivity index (χ2v) is 4.70. The Morgan fingerprint density at radius 2 is 1.74 bits per heavy atom. The molecule has 1 N–H and O–H groups in total. The van der Waals surface area contributed by atoms with Crippen LogP contribution in [0, 0.1) is 11.7 Å². The van der Waals surface area contributed by atoms with E-state index in [-0.39, 0.29) is 11.7 Å². The molecule has 5 heteroatoms. The van der Waals surface area contributed by atoms with E-state index in [1.165, 1.54) is 0 Å². The molecular weight excluding hydrogens is 258 g/mol. The van der Waals surface area contributed by atoms with Gasteiger partial charge in [0.25, 0.3) is 0 Å². The summed E-state index contributed by atoms with van der Waals surface area (Å²) in [6, 6.07) is 2.59. The van der Waals surface area contributed by atoms with Crippen LogP contribution in [0.1, 0.15) is 39.2 Å². The van der Waals surface area contributed by atoms with Crippen molar-refractivity contribution in [2.24, 2.45) is 5.92 Å². The molecule has 1 unspecified atom stereocenters. The standard InChI is InChI=1S/C14H19F4N/c1-4-10(5-2)9(3)19-13-7-6-11(8-12(13)15)14(16,17)18/h6-10,19H,4-5H2,1-3H3. The first-order valence-electron chi connectivity index (χ1n) is 6.42. The van der Waals surface area contributed by atoms with Crippen molar-refractivity contribution in [3.63, 3.8) is 0 Å². The van der Waals surface area contributed by atoms with Gasteiger partial charge in [-0.1, -0.05) is 26.7 Å². The number of anilines is 1. The van der Waals surface area contributed by atoms with Crippen molar-refractivity contribution in [2.45, 2.75) is 45.8 Å². The highest BCUT2D eigenvalue weighted by Crippen LogP contribution is 2.31. The molecule has 0 aliphatic carbocycles. The second-order valence-electron chi connectivity index (χ2n) is 4.70. The van der Waals surface area contributed by atoms with E-state index in [0.717, 1.165) is 25.0 Å². The van der Waals surface area contributed by atoms with Crippen LogP contribution in [-0.2, 0) is 6.18 Å². The van der Waals surface area contributed by atoms with Crippen LogP contribution in [0.3, 0.4) is 0 Å². The summed E-state index contributed by atoms with van der Waals surface area (Å²) >= 11 is 0. The maximum absolute atomic E-state index is 13.6. The Labute approximate surface area is 111 Å². The van der Waals surface area contributed by atoms with E-state index in [0.29, 0.717) is 12.0 Å². The Morgan fingerprint density at radius 1 is 1.16 bits per heavy atom. The van der Waals surface area contributed by atoms with Crippen LogP contribution in [0.4, 0.5) is 23.2 Å². The highest BCUT2D eigenvalue weighted by molar-refractivity contribution is 5.47. The lowest BCUT2D eigenvalue weighted by Gasteiger charge is -2.24. The van der Waals surface area contributed by atoms with Crippen LogP contribution in [0.25, 0.3) is 0 Å². The molecule has 108 valence electrons. The molecule has 1 atom stereocenters. The molecule has 1 rings (SSSR count). The van der Waals surface area contributed by atoms with E-state index >= 15 is 0 Å². The Balaban J connectivity index is 2.86. The van der Waals surface area contributed by atoms with Gasteiger partial charge in [0, 0.05) is 6.04 Å². The summed E-state index contributed by atoms with van der Waals surface area (Å²) in [5.74, 6) is -0.505. The van der Waals surface area contributed by atoms with Gasteiger partial charge in [-0.3, -0.25) is 0 Å². The maximum atomic E-state index is 13.6. The fourth-order valence-electron chi connectivity index (χ4n) is 2.17. The fourth-order valence-corrected chi connectivity index (χ4v) is 2.17. The molecule has 0 spiro atoms. The van der Waals surface area contributed by atoms with E-state index in [1.54, 1.807) is 0 Å². The van der Waals surface area contributed by atoms with Crippen LogP contribution in [0.5, 0.6) is 0 Å². The van der Waals surface area contributed by atoms with Crippen molar-refractivity contribution in [3.8, 4) is 0 Å². The van der Waals surface area contributed by atoms with E-state index in [2.05, 4.69) is 5.32 Å². The van der Waals surface area contributed by atoms with E-state index in [1.807, 2.05) is 20.8 Å². The average Bonchev–Trinajstić information content (AvgIpc) is 2.32. The average molecular weight is 277 g/mol. The molecule has 0 radical (unpaired) electrons. The summed E-state index contributed by atoms with van der Waals surface area (Å²) in [6.07, 6.45) is -2.64. The van der Waals surface area contributed by atoms with Gasteiger partial charge in [0.2, 0.25) is 0 Å². The lowest BCUT2D eigenvalue weighted by Crippen LogP contribution is -2.25. The van der Waals surface area contributed by atoms with Gasteiger partial charge in [0.05, 0.1) is 11.3 Å². The van der Waals surface area contributed by atoms with Crippen molar-refractivity contribution in [1.29, 1.82) is 0 Å². The monoisotopic (exact) mass is 277 g/mol. The minimum absolute atomic E-state index is 0.0150. The summed E-state index contributed by atoms with van der Waals surface area (Å²) in [7, 11) is 0. The molecule has 0 fully saturated rings. The van der Waals surface area contributed by atoms with Crippen molar-refractivity contribution < 1.29 is 17.6 Å². The maximum Gasteiger partial charge on any atom is 0.416 e. The highest BCUT2D eigenvalue weighted by Gasteiger charge is 2.31. The smallest absolute Gasteiger partial charge is 0.380 e. The van der Waals surface area contributed by atoms with Crippen LogP contribution >= 0.6 is 0 Å². The molecule has 0 aliphatic heterocycles. The number of hydrogen-bond donors (Lipinski definition) is 1. The number of nitrogens with one attached hydrogen (secondary N) is 1. The number of halogens is 4. The van der Waals surface area contributed by atoms with Gasteiger partial charge >= 0.3 is 6.18 Å². The van der Waals surface area contributed by atoms with Gasteiger partial charge in [0.15, 0.2) is 0 Å². The van der Waals surface area contributed by atoms with Gasteiger partial charge < -0.3 is 5.32 Å². The van der Waals surface area contributed by atoms with Gasteiger partial charge in [-0.25, -0.2) is 4.39 Å². The molecule has 0 bridgehead atoms. The first kappa shape index (κ1) is 15.8. The van der Waals surface area contributed by atoms with Crippen LogP contribution in [-0.4, -0.2) is 6.04 Å². The topological polar surface area (TPSA) is 12.0 Å². The number of rotatable bonds is 5. The Morgan fingerprint density at radius 3 is 2.16 bits per heavy atom. The molecule has 0 amide bonds. The summed E-state index contributed by atoms with van der Waals surface area (Å²) in [5.41, 5.74) is -0.849. The first-order chi connectivity index (χ1) is 8.79. The third-order valence-corrected chi connectivity index (χ3v) is 3.44. The molecule has 0 saturated carbocycles. The molecule has 19 heavy (non-hydrogen) atoms. The minimum atomic E-state index is -4.51. The number of hydrogen-bond acceptors (Lipinski definition) is 1. The summed E-state index contributed by atoms with van der Waals surface area (Å²) in [5, 5.41) is 2.95. The first-order valence-corrected chi connectivity index (χ1v) is 6.42. The third-order valence-electron chi connectivity index (χ3n) is 3.44. The molecule has 1 aromatic carbocycles. The number of benzene rings is 1. The molecule has 1 aromatic rings. The number of alkyl halides is 3. The van der Waals surface area contributed by atoms with E-state index in [9.17, 15) is 17.6 Å². The largest absolute Gasteiger partial charge is 0.416 e. The predicted molar refractivity (Wildman–Crippen MR) is 68.6 cm³/mol. The van der Waals surface area contributed by atoms with Gasteiger partial charge in [-0.15, -0.1) is 0 Å². The summed E-state index contributed by atoms with van der Waals surface area (Å²) < 4.78 is 50.9. The van der Waals surface area contributed by atoms with Gasteiger partial charge in [0.1, 0.15) is 5.82 Å². The van der Waals surface area contributed by atoms with Crippen molar-refractivity contribution in [3.05, 3.63) is 29.6 Å². The van der Waals surface area contributed by atoms with Crippen molar-refractivity contribution in [2.75, 3.05) is 5.32 Å². The highest BCUT2D eigenvalue weighted by atomic mass is 19.4. The van der Waals surface area contributed by atoms with Crippen LogP contribution in [0.15, 0.2) is 18.2 Å². The predicted octanol–water partition coefficient (Wildman–Crippen LogP) is 5.08. The molecule has 0 aromatic heterocycles. The Bertz CT molecular complexity index is 410. The lowest BCUT2D eigenvalue weighted by atomic mass is 9.95. The fraction of sp³-hybridized carbons (Fsp3) is 0.571. The SMILES string of the molecule is CCC(CC)C(C)Nc1ccc(C(F)(F)F)cc1F. The second kappa shape index (κ2) is 6.26. The zero-order valence-electron chi connectivity index (χ0n) is 11.3. The van der Waals surface area contributed by atoms with E-state index in [4.69, 9.17) is 0 Å². The van der Waals surface area contributed by atoms with Gasteiger partial charge in [-0.05, 0) is 31.0 Å².